The van der Waals surface area contributed by atoms with Crippen molar-refractivity contribution >= 4 is 23.3 Å². The summed E-state index contributed by atoms with van der Waals surface area (Å²) in [6.07, 6.45) is 5.54. The Morgan fingerprint density at radius 3 is 2.33 bits per heavy atom. The van der Waals surface area contributed by atoms with Crippen molar-refractivity contribution in [3.63, 3.8) is 0 Å². The predicted molar refractivity (Wildman–Crippen MR) is 174 cm³/mol. The van der Waals surface area contributed by atoms with E-state index in [1.807, 2.05) is 31.2 Å². The first kappa shape index (κ1) is 29.4. The minimum atomic E-state index is -0.129. The van der Waals surface area contributed by atoms with Crippen LogP contribution in [0.25, 0.3) is 0 Å². The second-order valence-electron chi connectivity index (χ2n) is 12.7. The molecule has 2 aromatic carbocycles. The molecule has 4 aliphatic heterocycles. The molecule has 5 heterocycles. The van der Waals surface area contributed by atoms with Crippen LogP contribution in [0.1, 0.15) is 57.5 Å². The van der Waals surface area contributed by atoms with Gasteiger partial charge in [0.1, 0.15) is 19.0 Å². The fraction of sp³-hybridized carbons (Fsp3) is 0.457. The normalized spacial score (nSPS) is 22.7. The van der Waals surface area contributed by atoms with Gasteiger partial charge in [-0.1, -0.05) is 12.1 Å². The van der Waals surface area contributed by atoms with E-state index in [4.69, 9.17) is 14.5 Å². The van der Waals surface area contributed by atoms with E-state index in [2.05, 4.69) is 56.6 Å². The molecule has 1 aromatic heterocycles. The maximum atomic E-state index is 13.3. The highest BCUT2D eigenvalue weighted by molar-refractivity contribution is 5.97. The van der Waals surface area contributed by atoms with Crippen LogP contribution in [0, 0.1) is 6.92 Å². The van der Waals surface area contributed by atoms with Crippen molar-refractivity contribution in [1.29, 1.82) is 0 Å². The number of hydrogen-bond acceptors (Lipinski definition) is 8. The molecular weight excluding hydrogens is 568 g/mol. The molecule has 10 heteroatoms. The van der Waals surface area contributed by atoms with Gasteiger partial charge >= 0.3 is 0 Å². The quantitative estimate of drug-likeness (QED) is 0.417. The van der Waals surface area contributed by atoms with Gasteiger partial charge in [0.15, 0.2) is 11.5 Å². The van der Waals surface area contributed by atoms with E-state index in [9.17, 15) is 9.59 Å². The first-order chi connectivity index (χ1) is 21.9. The standard InChI is InChI=1S/C35H42N6O4/c1-23-30(10-11-31-33(23)45-18-17-44-31)35(43)38-26-19-28-8-9-29(20-26)41(28)32-12-5-25(22-36-32)34(42)37-21-24-3-6-27(7-4-24)40-15-13-39(2)14-16-40/h3-7,10-12,22,26,28-29H,8-9,13-21H2,1-2H3,(H,37,42)(H,38,43)/t26-,28+,29-. The number of piperazine rings is 1. The first-order valence-electron chi connectivity index (χ1n) is 16.2. The lowest BCUT2D eigenvalue weighted by Gasteiger charge is -2.40. The van der Waals surface area contributed by atoms with Gasteiger partial charge in [0.25, 0.3) is 11.8 Å². The molecule has 3 fully saturated rings. The van der Waals surface area contributed by atoms with E-state index >= 15 is 0 Å². The third-order valence-corrected chi connectivity index (χ3v) is 9.80. The number of nitrogens with one attached hydrogen (secondary N) is 2. The first-order valence-corrected chi connectivity index (χ1v) is 16.2. The number of benzene rings is 2. The number of likely N-dealkylation sites (N-methyl/N-ethyl adjacent to an activating group) is 1. The molecule has 3 atom stereocenters. The van der Waals surface area contributed by atoms with E-state index in [0.717, 1.165) is 68.8 Å². The van der Waals surface area contributed by atoms with Crippen molar-refractivity contribution in [2.75, 3.05) is 56.2 Å². The summed E-state index contributed by atoms with van der Waals surface area (Å²) in [7, 11) is 2.16. The zero-order valence-corrected chi connectivity index (χ0v) is 26.1. The van der Waals surface area contributed by atoms with Gasteiger partial charge in [-0.25, -0.2) is 4.98 Å². The highest BCUT2D eigenvalue weighted by Gasteiger charge is 2.42. The van der Waals surface area contributed by atoms with Crippen molar-refractivity contribution in [2.45, 2.75) is 57.3 Å². The molecule has 4 aliphatic rings. The van der Waals surface area contributed by atoms with Gasteiger partial charge in [-0.15, -0.1) is 0 Å². The average molecular weight is 611 g/mol. The van der Waals surface area contributed by atoms with E-state index in [0.29, 0.717) is 54.5 Å². The SMILES string of the molecule is Cc1c(C(=O)N[C@H]2C[C@H]3CC[C@@H](C2)N3c2ccc(C(=O)NCc3ccc(N4CCN(C)CC4)cc3)cn2)ccc2c1OCCO2. The number of anilines is 2. The summed E-state index contributed by atoms with van der Waals surface area (Å²) in [5, 5.41) is 6.33. The lowest BCUT2D eigenvalue weighted by atomic mass is 9.96. The molecule has 2 N–H and O–H groups in total. The Labute approximate surface area is 264 Å². The van der Waals surface area contributed by atoms with Gasteiger partial charge in [-0.3, -0.25) is 9.59 Å². The predicted octanol–water partition coefficient (Wildman–Crippen LogP) is 3.77. The van der Waals surface area contributed by atoms with Crippen LogP contribution < -0.4 is 29.9 Å². The van der Waals surface area contributed by atoms with Crippen molar-refractivity contribution < 1.29 is 19.1 Å². The zero-order valence-electron chi connectivity index (χ0n) is 26.1. The Morgan fingerprint density at radius 2 is 1.62 bits per heavy atom. The van der Waals surface area contributed by atoms with E-state index < -0.39 is 0 Å². The topological polar surface area (TPSA) is 99.3 Å². The molecule has 10 nitrogen and oxygen atoms in total. The van der Waals surface area contributed by atoms with E-state index in [-0.39, 0.29) is 17.9 Å². The second-order valence-corrected chi connectivity index (χ2v) is 12.7. The molecule has 2 amide bonds. The number of aromatic nitrogens is 1. The molecule has 2 bridgehead atoms. The summed E-state index contributed by atoms with van der Waals surface area (Å²) in [5.74, 6) is 2.07. The van der Waals surface area contributed by atoms with Gasteiger partial charge < -0.3 is 34.8 Å². The molecular formula is C35H42N6O4. The number of carbonyl (C=O) groups is 2. The van der Waals surface area contributed by atoms with Gasteiger partial charge in [0.05, 0.1) is 5.56 Å². The molecule has 0 radical (unpaired) electrons. The number of piperidine rings is 1. The number of rotatable bonds is 7. The number of amides is 2. The van der Waals surface area contributed by atoms with Crippen LogP contribution in [-0.2, 0) is 6.54 Å². The summed E-state index contributed by atoms with van der Waals surface area (Å²) >= 11 is 0. The molecule has 236 valence electrons. The maximum Gasteiger partial charge on any atom is 0.253 e. The average Bonchev–Trinajstić information content (AvgIpc) is 3.34. The van der Waals surface area contributed by atoms with Crippen LogP contribution in [-0.4, -0.2) is 86.3 Å². The molecule has 0 unspecified atom stereocenters. The number of ether oxygens (including phenoxy) is 2. The Morgan fingerprint density at radius 1 is 0.889 bits per heavy atom. The smallest absolute Gasteiger partial charge is 0.253 e. The van der Waals surface area contributed by atoms with Crippen LogP contribution >= 0.6 is 0 Å². The van der Waals surface area contributed by atoms with Crippen molar-refractivity contribution in [3.05, 3.63) is 77.0 Å². The van der Waals surface area contributed by atoms with Gasteiger partial charge in [-0.2, -0.15) is 0 Å². The van der Waals surface area contributed by atoms with Gasteiger partial charge in [0.2, 0.25) is 0 Å². The van der Waals surface area contributed by atoms with Crippen molar-refractivity contribution in [3.8, 4) is 11.5 Å². The highest BCUT2D eigenvalue weighted by atomic mass is 16.6. The Balaban J connectivity index is 0.922. The van der Waals surface area contributed by atoms with Gasteiger partial charge in [-0.05, 0) is 81.6 Å². The molecule has 0 aliphatic carbocycles. The zero-order chi connectivity index (χ0) is 30.9. The van der Waals surface area contributed by atoms with Crippen molar-refractivity contribution in [2.24, 2.45) is 0 Å². The largest absolute Gasteiger partial charge is 0.486 e. The molecule has 3 saturated heterocycles. The van der Waals surface area contributed by atoms with Crippen LogP contribution in [0.2, 0.25) is 0 Å². The fourth-order valence-electron chi connectivity index (χ4n) is 7.28. The van der Waals surface area contributed by atoms with Crippen LogP contribution in [0.15, 0.2) is 54.7 Å². The molecule has 45 heavy (non-hydrogen) atoms. The Bertz CT molecular complexity index is 1520. The van der Waals surface area contributed by atoms with Crippen LogP contribution in [0.5, 0.6) is 11.5 Å². The Kier molecular flexibility index (Phi) is 8.23. The maximum absolute atomic E-state index is 13.3. The van der Waals surface area contributed by atoms with E-state index in [1.165, 1.54) is 5.69 Å². The monoisotopic (exact) mass is 610 g/mol. The minimum Gasteiger partial charge on any atom is -0.486 e. The third kappa shape index (κ3) is 6.16. The van der Waals surface area contributed by atoms with E-state index in [1.54, 1.807) is 6.20 Å². The summed E-state index contributed by atoms with van der Waals surface area (Å²) in [5.41, 5.74) is 4.30. The molecule has 0 spiro atoms. The molecule has 0 saturated carbocycles. The Hall–Kier alpha value is -4.31. The van der Waals surface area contributed by atoms with Crippen molar-refractivity contribution in [1.82, 2.24) is 20.5 Å². The number of fused-ring (bicyclic) bond motifs is 3. The third-order valence-electron chi connectivity index (χ3n) is 9.80. The summed E-state index contributed by atoms with van der Waals surface area (Å²) in [6.45, 7) is 7.62. The fourth-order valence-corrected chi connectivity index (χ4v) is 7.28. The number of hydrogen-bond donors (Lipinski definition) is 2. The number of pyridine rings is 1. The summed E-state index contributed by atoms with van der Waals surface area (Å²) in [4.78, 5) is 38.1. The van der Waals surface area contributed by atoms with Crippen LogP contribution in [0.4, 0.5) is 11.5 Å². The van der Waals surface area contributed by atoms with Gasteiger partial charge in [0, 0.05) is 73.9 Å². The minimum absolute atomic E-state index is 0.0678. The lowest BCUT2D eigenvalue weighted by Crippen LogP contribution is -2.50. The molecule has 3 aromatic rings. The number of carbonyl (C=O) groups excluding carboxylic acids is 2. The second kappa shape index (κ2) is 12.6. The highest BCUT2D eigenvalue weighted by Crippen LogP contribution is 2.39. The summed E-state index contributed by atoms with van der Waals surface area (Å²) < 4.78 is 11.4. The summed E-state index contributed by atoms with van der Waals surface area (Å²) in [6, 6.07) is 16.7. The number of nitrogens with zero attached hydrogens (tertiary/aromatic N) is 4. The van der Waals surface area contributed by atoms with Crippen LogP contribution in [0.3, 0.4) is 0 Å². The molecule has 7 rings (SSSR count). The lowest BCUT2D eigenvalue weighted by molar-refractivity contribution is 0.0922.